The number of hydrogen-bond acceptors (Lipinski definition) is 4. The Morgan fingerprint density at radius 1 is 1.00 bits per heavy atom. The zero-order chi connectivity index (χ0) is 16.5. The lowest BCUT2D eigenvalue weighted by Crippen LogP contribution is -2.22. The molecule has 0 amide bonds. The third-order valence-electron chi connectivity index (χ3n) is 3.25. The van der Waals surface area contributed by atoms with E-state index in [2.05, 4.69) is 4.72 Å². The van der Waals surface area contributed by atoms with E-state index in [0.29, 0.717) is 16.8 Å². The Morgan fingerprint density at radius 2 is 1.50 bits per heavy atom. The van der Waals surface area contributed by atoms with Gasteiger partial charge in [0.15, 0.2) is 0 Å². The molecule has 0 fully saturated rings. The maximum atomic E-state index is 12.5. The quantitative estimate of drug-likeness (QED) is 0.931. The molecular weight excluding hydrogens is 302 g/mol. The van der Waals surface area contributed by atoms with Gasteiger partial charge in [0.1, 0.15) is 0 Å². The maximum Gasteiger partial charge on any atom is 0.262 e. The van der Waals surface area contributed by atoms with Crippen LogP contribution in [0.25, 0.3) is 0 Å². The molecule has 0 atom stereocenters. The first kappa shape index (κ1) is 16.0. The van der Waals surface area contributed by atoms with E-state index in [1.165, 1.54) is 24.3 Å². The maximum absolute atomic E-state index is 12.5. The predicted octanol–water partition coefficient (Wildman–Crippen LogP) is 1.78. The van der Waals surface area contributed by atoms with Gasteiger partial charge >= 0.3 is 0 Å². The van der Waals surface area contributed by atoms with Gasteiger partial charge in [0.2, 0.25) is 0 Å². The van der Waals surface area contributed by atoms with E-state index in [4.69, 9.17) is 0 Å². The van der Waals surface area contributed by atoms with Crippen molar-refractivity contribution < 1.29 is 18.3 Å². The van der Waals surface area contributed by atoms with Gasteiger partial charge in [-0.1, -0.05) is 29.8 Å². The molecule has 6 heteroatoms. The van der Waals surface area contributed by atoms with Crippen molar-refractivity contribution in [3.63, 3.8) is 0 Å². The summed E-state index contributed by atoms with van der Waals surface area (Å²) in [5.74, 6) is -1.31. The second kappa shape index (κ2) is 5.81. The van der Waals surface area contributed by atoms with Gasteiger partial charge < -0.3 is 9.90 Å². The molecule has 2 rings (SSSR count). The SMILES string of the molecule is Cc1cc(C)c(S(=O)(=O)Nc2ccc(C(=O)[O-])cc2)c(C)c1. The van der Waals surface area contributed by atoms with E-state index in [0.717, 1.165) is 5.56 Å². The first-order chi connectivity index (χ1) is 10.2. The normalized spacial score (nSPS) is 11.2. The van der Waals surface area contributed by atoms with Gasteiger partial charge in [-0.05, 0) is 49.6 Å². The minimum Gasteiger partial charge on any atom is -0.545 e. The zero-order valence-electron chi connectivity index (χ0n) is 12.5. The molecule has 0 spiro atoms. The molecule has 0 aliphatic rings. The molecule has 0 saturated heterocycles. The fourth-order valence-electron chi connectivity index (χ4n) is 2.47. The topological polar surface area (TPSA) is 86.3 Å². The Labute approximate surface area is 129 Å². The van der Waals surface area contributed by atoms with Crippen molar-refractivity contribution in [3.05, 3.63) is 58.7 Å². The first-order valence-corrected chi connectivity index (χ1v) is 8.11. The fourth-order valence-corrected chi connectivity index (χ4v) is 3.99. The number of aryl methyl sites for hydroxylation is 3. The standard InChI is InChI=1S/C16H17NO4S/c1-10-8-11(2)15(12(3)9-10)22(20,21)17-14-6-4-13(5-7-14)16(18)19/h4-9,17H,1-3H3,(H,18,19)/p-1. The minimum absolute atomic E-state index is 0.00866. The number of aromatic carboxylic acids is 1. The third-order valence-corrected chi connectivity index (χ3v) is 4.93. The van der Waals surface area contributed by atoms with Crippen LogP contribution in [0.3, 0.4) is 0 Å². The van der Waals surface area contributed by atoms with Crippen molar-refractivity contribution in [3.8, 4) is 0 Å². The summed E-state index contributed by atoms with van der Waals surface area (Å²) in [6, 6.07) is 8.98. The molecule has 0 heterocycles. The van der Waals surface area contributed by atoms with Crippen molar-refractivity contribution in [2.45, 2.75) is 25.7 Å². The third kappa shape index (κ3) is 3.28. The second-order valence-corrected chi connectivity index (χ2v) is 6.82. The smallest absolute Gasteiger partial charge is 0.262 e. The van der Waals surface area contributed by atoms with Crippen LogP contribution in [0.15, 0.2) is 41.3 Å². The molecular formula is C16H16NO4S-. The van der Waals surface area contributed by atoms with E-state index in [-0.39, 0.29) is 10.5 Å². The molecule has 0 unspecified atom stereocenters. The Bertz CT molecular complexity index is 801. The average Bonchev–Trinajstić information content (AvgIpc) is 2.36. The Kier molecular flexibility index (Phi) is 4.23. The van der Waals surface area contributed by atoms with Crippen molar-refractivity contribution in [2.24, 2.45) is 0 Å². The molecule has 0 saturated carbocycles. The van der Waals surface area contributed by atoms with Crippen LogP contribution in [0, 0.1) is 20.8 Å². The molecule has 1 N–H and O–H groups in total. The number of carboxylic acids is 1. The number of carbonyl (C=O) groups is 1. The van der Waals surface area contributed by atoms with Gasteiger partial charge in [-0.25, -0.2) is 8.42 Å². The molecule has 0 radical (unpaired) electrons. The van der Waals surface area contributed by atoms with E-state index in [1.807, 2.05) is 6.92 Å². The zero-order valence-corrected chi connectivity index (χ0v) is 13.3. The Balaban J connectivity index is 2.38. The van der Waals surface area contributed by atoms with Crippen LogP contribution in [0.2, 0.25) is 0 Å². The number of hydrogen-bond donors (Lipinski definition) is 1. The summed E-state index contributed by atoms with van der Waals surface area (Å²) in [7, 11) is -3.74. The Morgan fingerprint density at radius 3 is 1.95 bits per heavy atom. The molecule has 0 aliphatic heterocycles. The van der Waals surface area contributed by atoms with Gasteiger partial charge in [-0.2, -0.15) is 0 Å². The van der Waals surface area contributed by atoms with Crippen LogP contribution in [0.4, 0.5) is 5.69 Å². The number of carbonyl (C=O) groups excluding carboxylic acids is 1. The second-order valence-electron chi connectivity index (χ2n) is 5.20. The van der Waals surface area contributed by atoms with E-state index < -0.39 is 16.0 Å². The highest BCUT2D eigenvalue weighted by atomic mass is 32.2. The molecule has 0 bridgehead atoms. The van der Waals surface area contributed by atoms with Crippen LogP contribution in [-0.4, -0.2) is 14.4 Å². The van der Waals surface area contributed by atoms with Gasteiger partial charge in [-0.15, -0.1) is 0 Å². The lowest BCUT2D eigenvalue weighted by molar-refractivity contribution is -0.255. The summed E-state index contributed by atoms with van der Waals surface area (Å²) in [6.45, 7) is 5.39. The van der Waals surface area contributed by atoms with Crippen molar-refractivity contribution in [1.29, 1.82) is 0 Å². The van der Waals surface area contributed by atoms with Crippen LogP contribution in [0.5, 0.6) is 0 Å². The summed E-state index contributed by atoms with van der Waals surface area (Å²) < 4.78 is 27.5. The summed E-state index contributed by atoms with van der Waals surface area (Å²) in [6.07, 6.45) is 0. The van der Waals surface area contributed by atoms with E-state index in [9.17, 15) is 18.3 Å². The van der Waals surface area contributed by atoms with Gasteiger partial charge in [0, 0.05) is 5.69 Å². The minimum atomic E-state index is -3.74. The predicted molar refractivity (Wildman–Crippen MR) is 82.2 cm³/mol. The van der Waals surface area contributed by atoms with Crippen LogP contribution in [0.1, 0.15) is 27.0 Å². The summed E-state index contributed by atoms with van der Waals surface area (Å²) >= 11 is 0. The summed E-state index contributed by atoms with van der Waals surface area (Å²) in [5.41, 5.74) is 2.61. The average molecular weight is 318 g/mol. The van der Waals surface area contributed by atoms with Gasteiger partial charge in [-0.3, -0.25) is 4.72 Å². The molecule has 22 heavy (non-hydrogen) atoms. The Hall–Kier alpha value is -2.34. The monoisotopic (exact) mass is 318 g/mol. The number of benzene rings is 2. The molecule has 116 valence electrons. The molecule has 2 aromatic rings. The number of rotatable bonds is 4. The number of sulfonamides is 1. The van der Waals surface area contributed by atoms with E-state index >= 15 is 0 Å². The molecule has 5 nitrogen and oxygen atoms in total. The van der Waals surface area contributed by atoms with Gasteiger partial charge in [0.05, 0.1) is 10.9 Å². The summed E-state index contributed by atoms with van der Waals surface area (Å²) in [4.78, 5) is 10.9. The number of anilines is 1. The number of nitrogens with one attached hydrogen (secondary N) is 1. The first-order valence-electron chi connectivity index (χ1n) is 6.63. The van der Waals surface area contributed by atoms with Crippen molar-refractivity contribution in [2.75, 3.05) is 4.72 Å². The largest absolute Gasteiger partial charge is 0.545 e. The van der Waals surface area contributed by atoms with Crippen LogP contribution in [-0.2, 0) is 10.0 Å². The molecule has 0 aliphatic carbocycles. The van der Waals surface area contributed by atoms with E-state index in [1.54, 1.807) is 26.0 Å². The molecule has 0 aromatic heterocycles. The lowest BCUT2D eigenvalue weighted by atomic mass is 10.1. The highest BCUT2D eigenvalue weighted by Crippen LogP contribution is 2.24. The lowest BCUT2D eigenvalue weighted by Gasteiger charge is -2.14. The number of carboxylic acid groups (broad SMARTS) is 1. The van der Waals surface area contributed by atoms with Crippen molar-refractivity contribution in [1.82, 2.24) is 0 Å². The summed E-state index contributed by atoms with van der Waals surface area (Å²) in [5, 5.41) is 10.7. The van der Waals surface area contributed by atoms with Crippen LogP contribution >= 0.6 is 0 Å². The fraction of sp³-hybridized carbons (Fsp3) is 0.188. The highest BCUT2D eigenvalue weighted by molar-refractivity contribution is 7.92. The van der Waals surface area contributed by atoms with Crippen molar-refractivity contribution >= 4 is 21.7 Å². The van der Waals surface area contributed by atoms with Gasteiger partial charge in [0.25, 0.3) is 10.0 Å². The van der Waals surface area contributed by atoms with Crippen LogP contribution < -0.4 is 9.83 Å². The molecule has 2 aromatic carbocycles. The highest BCUT2D eigenvalue weighted by Gasteiger charge is 2.19.